The molecule has 2 aromatic carbocycles. The Morgan fingerprint density at radius 1 is 1.16 bits per heavy atom. The monoisotopic (exact) mass is 342 g/mol. The number of hydrogen-bond donors (Lipinski definition) is 2. The number of anilines is 1. The molecule has 4 nitrogen and oxygen atoms in total. The number of carbonyl (C=O) groups excluding carboxylic acids is 2. The molecule has 0 radical (unpaired) electrons. The van der Waals surface area contributed by atoms with E-state index in [-0.39, 0.29) is 12.3 Å². The van der Waals surface area contributed by atoms with E-state index in [9.17, 15) is 18.4 Å². The van der Waals surface area contributed by atoms with Crippen molar-refractivity contribution in [1.82, 2.24) is 5.32 Å². The first-order valence-electron chi connectivity index (χ1n) is 7.77. The van der Waals surface area contributed by atoms with Crippen LogP contribution in [0.2, 0.25) is 0 Å². The third-order valence-electron chi connectivity index (χ3n) is 4.20. The van der Waals surface area contributed by atoms with Gasteiger partial charge in [-0.2, -0.15) is 0 Å². The number of rotatable bonds is 3. The van der Waals surface area contributed by atoms with Crippen LogP contribution in [0.25, 0.3) is 0 Å². The normalized spacial score (nSPS) is 16.8. The number of hydrogen-bond acceptors (Lipinski definition) is 2. The first kappa shape index (κ1) is 16.8. The fourth-order valence-electron chi connectivity index (χ4n) is 2.77. The molecular weight excluding hydrogens is 326 g/mol. The third kappa shape index (κ3) is 3.57. The van der Waals surface area contributed by atoms with Crippen molar-refractivity contribution in [3.63, 3.8) is 0 Å². The van der Waals surface area contributed by atoms with E-state index < -0.39 is 23.5 Å². The number of amides is 2. The van der Waals surface area contributed by atoms with Gasteiger partial charge < -0.3 is 10.6 Å². The first-order chi connectivity index (χ1) is 12.0. The van der Waals surface area contributed by atoms with Crippen LogP contribution in [0.15, 0.2) is 54.2 Å². The van der Waals surface area contributed by atoms with Crippen LogP contribution < -0.4 is 10.6 Å². The summed E-state index contributed by atoms with van der Waals surface area (Å²) in [5, 5.41) is 5.20. The lowest BCUT2D eigenvalue weighted by atomic mass is 9.86. The van der Waals surface area contributed by atoms with Gasteiger partial charge in [-0.05, 0) is 36.8 Å². The lowest BCUT2D eigenvalue weighted by Crippen LogP contribution is -2.32. The van der Waals surface area contributed by atoms with Gasteiger partial charge in [0.15, 0.2) is 0 Å². The summed E-state index contributed by atoms with van der Waals surface area (Å²) in [5.41, 5.74) is 1.68. The Hall–Kier alpha value is -3.02. The van der Waals surface area contributed by atoms with Gasteiger partial charge in [0.1, 0.15) is 11.6 Å². The van der Waals surface area contributed by atoms with Crippen molar-refractivity contribution in [2.24, 2.45) is 0 Å². The van der Waals surface area contributed by atoms with Gasteiger partial charge >= 0.3 is 0 Å². The predicted molar refractivity (Wildman–Crippen MR) is 89.8 cm³/mol. The van der Waals surface area contributed by atoms with E-state index in [4.69, 9.17) is 0 Å². The first-order valence-corrected chi connectivity index (χ1v) is 7.77. The summed E-state index contributed by atoms with van der Waals surface area (Å²) < 4.78 is 26.8. The molecular formula is C19H16F2N2O2. The van der Waals surface area contributed by atoms with Crippen LogP contribution in [0, 0.1) is 18.6 Å². The average molecular weight is 342 g/mol. The second kappa shape index (κ2) is 6.84. The summed E-state index contributed by atoms with van der Waals surface area (Å²) in [4.78, 5) is 24.4. The second-order valence-electron chi connectivity index (χ2n) is 5.84. The molecule has 25 heavy (non-hydrogen) atoms. The molecule has 0 fully saturated rings. The SMILES string of the molecule is Cc1c(F)cccc1NC(=O)C1=CNC(=O)CC1c1ccc(F)cc1. The molecule has 0 aromatic heterocycles. The molecule has 1 aliphatic heterocycles. The van der Waals surface area contributed by atoms with E-state index in [2.05, 4.69) is 10.6 Å². The number of carbonyl (C=O) groups is 2. The third-order valence-corrected chi connectivity index (χ3v) is 4.20. The molecule has 1 unspecified atom stereocenters. The standard InChI is InChI=1S/C19H16F2N2O2/c1-11-16(21)3-2-4-17(11)23-19(25)15-10-22-18(24)9-14(15)12-5-7-13(20)8-6-12/h2-8,10,14H,9H2,1H3,(H,22,24)(H,23,25). The van der Waals surface area contributed by atoms with Gasteiger partial charge in [-0.3, -0.25) is 9.59 Å². The van der Waals surface area contributed by atoms with Gasteiger partial charge in [0.25, 0.3) is 5.91 Å². The van der Waals surface area contributed by atoms with Crippen LogP contribution in [0.4, 0.5) is 14.5 Å². The molecule has 1 aliphatic rings. The quantitative estimate of drug-likeness (QED) is 0.898. The zero-order chi connectivity index (χ0) is 18.0. The molecule has 2 N–H and O–H groups in total. The van der Waals surface area contributed by atoms with Crippen LogP contribution in [0.3, 0.4) is 0 Å². The van der Waals surface area contributed by atoms with Crippen LogP contribution in [-0.4, -0.2) is 11.8 Å². The average Bonchev–Trinajstić information content (AvgIpc) is 2.59. The number of halogens is 2. The van der Waals surface area contributed by atoms with E-state index in [0.717, 1.165) is 0 Å². The Bertz CT molecular complexity index is 860. The highest BCUT2D eigenvalue weighted by molar-refractivity contribution is 6.06. The molecule has 128 valence electrons. The number of nitrogens with one attached hydrogen (secondary N) is 2. The summed E-state index contributed by atoms with van der Waals surface area (Å²) in [6.07, 6.45) is 1.43. The predicted octanol–water partition coefficient (Wildman–Crippen LogP) is 3.40. The molecule has 2 aromatic rings. The van der Waals surface area contributed by atoms with Crippen LogP contribution in [0.5, 0.6) is 0 Å². The summed E-state index contributed by atoms with van der Waals surface area (Å²) in [7, 11) is 0. The highest BCUT2D eigenvalue weighted by Gasteiger charge is 2.29. The highest BCUT2D eigenvalue weighted by atomic mass is 19.1. The molecule has 0 saturated carbocycles. The summed E-state index contributed by atoms with van der Waals surface area (Å²) in [6, 6.07) is 10.1. The Balaban J connectivity index is 1.89. The van der Waals surface area contributed by atoms with E-state index >= 15 is 0 Å². The van der Waals surface area contributed by atoms with Crippen molar-refractivity contribution in [2.75, 3.05) is 5.32 Å². The molecule has 3 rings (SSSR count). The molecule has 2 amide bonds. The molecule has 1 atom stereocenters. The maximum Gasteiger partial charge on any atom is 0.253 e. The van der Waals surface area contributed by atoms with Crippen molar-refractivity contribution in [2.45, 2.75) is 19.3 Å². The fourth-order valence-corrected chi connectivity index (χ4v) is 2.77. The van der Waals surface area contributed by atoms with Gasteiger partial charge in [-0.15, -0.1) is 0 Å². The highest BCUT2D eigenvalue weighted by Crippen LogP contribution is 2.31. The molecule has 0 bridgehead atoms. The van der Waals surface area contributed by atoms with E-state index in [0.29, 0.717) is 22.4 Å². The zero-order valence-corrected chi connectivity index (χ0v) is 13.5. The van der Waals surface area contributed by atoms with Crippen LogP contribution in [0.1, 0.15) is 23.5 Å². The minimum absolute atomic E-state index is 0.0764. The van der Waals surface area contributed by atoms with E-state index in [1.807, 2.05) is 0 Å². The van der Waals surface area contributed by atoms with Gasteiger partial charge in [0, 0.05) is 35.4 Å². The number of benzene rings is 2. The van der Waals surface area contributed by atoms with Crippen molar-refractivity contribution in [1.29, 1.82) is 0 Å². The minimum Gasteiger partial charge on any atom is -0.332 e. The van der Waals surface area contributed by atoms with Gasteiger partial charge in [0.2, 0.25) is 5.91 Å². The van der Waals surface area contributed by atoms with Crippen molar-refractivity contribution in [3.05, 3.63) is 77.0 Å². The van der Waals surface area contributed by atoms with Crippen molar-refractivity contribution in [3.8, 4) is 0 Å². The zero-order valence-electron chi connectivity index (χ0n) is 13.5. The van der Waals surface area contributed by atoms with Crippen LogP contribution >= 0.6 is 0 Å². The van der Waals surface area contributed by atoms with E-state index in [1.54, 1.807) is 25.1 Å². The maximum absolute atomic E-state index is 13.6. The van der Waals surface area contributed by atoms with Crippen LogP contribution in [-0.2, 0) is 9.59 Å². The summed E-state index contributed by atoms with van der Waals surface area (Å²) in [6.45, 7) is 1.57. The molecule has 0 spiro atoms. The van der Waals surface area contributed by atoms with Gasteiger partial charge in [-0.25, -0.2) is 8.78 Å². The Kier molecular flexibility index (Phi) is 4.61. The molecule has 0 aliphatic carbocycles. The fraction of sp³-hybridized carbons (Fsp3) is 0.158. The molecule has 1 heterocycles. The van der Waals surface area contributed by atoms with Crippen molar-refractivity contribution < 1.29 is 18.4 Å². The van der Waals surface area contributed by atoms with Gasteiger partial charge in [0.05, 0.1) is 0 Å². The second-order valence-corrected chi connectivity index (χ2v) is 5.84. The van der Waals surface area contributed by atoms with Gasteiger partial charge in [-0.1, -0.05) is 18.2 Å². The van der Waals surface area contributed by atoms with Crippen molar-refractivity contribution >= 4 is 17.5 Å². The van der Waals surface area contributed by atoms with E-state index in [1.165, 1.54) is 30.5 Å². The minimum atomic E-state index is -0.497. The molecule has 6 heteroatoms. The Morgan fingerprint density at radius 2 is 1.88 bits per heavy atom. The molecule has 0 saturated heterocycles. The largest absolute Gasteiger partial charge is 0.332 e. The maximum atomic E-state index is 13.6. The Labute approximate surface area is 143 Å². The Morgan fingerprint density at radius 3 is 2.60 bits per heavy atom. The lowest BCUT2D eigenvalue weighted by Gasteiger charge is -2.24. The topological polar surface area (TPSA) is 58.2 Å². The summed E-state index contributed by atoms with van der Waals surface area (Å²) >= 11 is 0. The smallest absolute Gasteiger partial charge is 0.253 e. The summed E-state index contributed by atoms with van der Waals surface area (Å²) in [5.74, 6) is -1.98. The lowest BCUT2D eigenvalue weighted by molar-refractivity contribution is -0.121.